The third-order valence-electron chi connectivity index (χ3n) is 9.47. The zero-order valence-corrected chi connectivity index (χ0v) is 29.3. The van der Waals surface area contributed by atoms with Crippen molar-refractivity contribution in [1.29, 1.82) is 0 Å². The van der Waals surface area contributed by atoms with E-state index in [0.717, 1.165) is 80.4 Å². The van der Waals surface area contributed by atoms with Crippen LogP contribution in [-0.4, -0.2) is 63.4 Å². The summed E-state index contributed by atoms with van der Waals surface area (Å²) in [6.07, 6.45) is 4.57. The largest absolute Gasteiger partial charge is 0.478 e. The Morgan fingerprint density at radius 1 is 0.846 bits per heavy atom. The van der Waals surface area contributed by atoms with Crippen LogP contribution in [0.2, 0.25) is 0 Å². The summed E-state index contributed by atoms with van der Waals surface area (Å²) in [6, 6.07) is 32.2. The number of anilines is 2. The zero-order chi connectivity index (χ0) is 36.2. The van der Waals surface area contributed by atoms with E-state index in [4.69, 9.17) is 9.82 Å². The Morgan fingerprint density at radius 2 is 1.52 bits per heavy atom. The van der Waals surface area contributed by atoms with Crippen LogP contribution >= 0.6 is 0 Å². The Labute approximate surface area is 302 Å². The number of carbonyl (C=O) groups is 2. The van der Waals surface area contributed by atoms with E-state index in [1.54, 1.807) is 11.0 Å². The van der Waals surface area contributed by atoms with Crippen LogP contribution in [0.4, 0.5) is 11.4 Å². The second kappa shape index (κ2) is 14.8. The number of aromatic nitrogens is 3. The van der Waals surface area contributed by atoms with E-state index in [0.29, 0.717) is 12.3 Å². The van der Waals surface area contributed by atoms with E-state index >= 15 is 0 Å². The third kappa shape index (κ3) is 6.83. The van der Waals surface area contributed by atoms with E-state index in [2.05, 4.69) is 58.1 Å². The number of fused-ring (bicyclic) bond motifs is 1. The van der Waals surface area contributed by atoms with Gasteiger partial charge in [-0.2, -0.15) is 0 Å². The number of hydrogen-bond acceptors (Lipinski definition) is 6. The van der Waals surface area contributed by atoms with Gasteiger partial charge in [-0.3, -0.25) is 4.79 Å². The summed E-state index contributed by atoms with van der Waals surface area (Å²) in [5.74, 6) is -0.388. The lowest BCUT2D eigenvalue weighted by atomic mass is 10.00. The second-order valence-electron chi connectivity index (χ2n) is 12.5. The number of benzene rings is 4. The van der Waals surface area contributed by atoms with Crippen molar-refractivity contribution in [3.8, 4) is 33.9 Å². The molecule has 0 fully saturated rings. The SMILES string of the molecule is CCN(CC)c1ccc(-c2nc(-c3ccc(C4=NOC(C(=O)O)C4)cc3)c(-c3ccc(C=CC(=O)N(CC)c4c[nH]c5ccccc45)cc3)[nH]2)cc1. The van der Waals surface area contributed by atoms with Gasteiger partial charge < -0.3 is 29.7 Å². The molecule has 0 aliphatic carbocycles. The van der Waals surface area contributed by atoms with Crippen LogP contribution in [0, 0.1) is 0 Å². The molecule has 1 aliphatic rings. The monoisotopic (exact) mass is 692 g/mol. The number of oxime groups is 1. The fourth-order valence-electron chi connectivity index (χ4n) is 6.59. The first kappa shape index (κ1) is 34.0. The lowest BCUT2D eigenvalue weighted by Gasteiger charge is -2.20. The molecule has 7 rings (SSSR count). The molecule has 6 aromatic rings. The van der Waals surface area contributed by atoms with Crippen molar-refractivity contribution < 1.29 is 19.5 Å². The predicted molar refractivity (Wildman–Crippen MR) is 207 cm³/mol. The maximum atomic E-state index is 13.3. The summed E-state index contributed by atoms with van der Waals surface area (Å²) in [5.41, 5.74) is 9.72. The number of para-hydroxylation sites is 1. The maximum Gasteiger partial charge on any atom is 0.348 e. The first-order valence-corrected chi connectivity index (χ1v) is 17.5. The molecule has 3 heterocycles. The molecule has 4 aromatic carbocycles. The van der Waals surface area contributed by atoms with Gasteiger partial charge in [0, 0.05) is 71.6 Å². The number of H-pyrrole nitrogens is 2. The average molecular weight is 693 g/mol. The quantitative estimate of drug-likeness (QED) is 0.111. The number of likely N-dealkylation sites (N-methyl/N-ethyl adjacent to an activating group) is 1. The van der Waals surface area contributed by atoms with Crippen molar-refractivity contribution in [2.45, 2.75) is 33.3 Å². The Kier molecular flexibility index (Phi) is 9.70. The molecule has 1 aliphatic heterocycles. The molecule has 1 atom stereocenters. The molecule has 10 nitrogen and oxygen atoms in total. The fraction of sp³-hybridized carbons (Fsp3) is 0.190. The highest BCUT2D eigenvalue weighted by molar-refractivity contribution is 6.09. The fourth-order valence-corrected chi connectivity index (χ4v) is 6.59. The number of aromatic amines is 2. The van der Waals surface area contributed by atoms with Gasteiger partial charge in [0.05, 0.1) is 22.8 Å². The normalized spacial score (nSPS) is 14.1. The van der Waals surface area contributed by atoms with Gasteiger partial charge in [-0.15, -0.1) is 0 Å². The Balaban J connectivity index is 1.17. The Hall–Kier alpha value is -6.42. The number of hydrogen-bond donors (Lipinski definition) is 3. The molecule has 1 amide bonds. The number of nitrogens with zero attached hydrogens (tertiary/aromatic N) is 4. The molecule has 52 heavy (non-hydrogen) atoms. The second-order valence-corrected chi connectivity index (χ2v) is 12.5. The lowest BCUT2D eigenvalue weighted by molar-refractivity contribution is -0.148. The van der Waals surface area contributed by atoms with Crippen LogP contribution < -0.4 is 9.80 Å². The predicted octanol–water partition coefficient (Wildman–Crippen LogP) is 8.38. The number of carboxylic acids is 1. The maximum absolute atomic E-state index is 13.3. The molecule has 0 saturated heterocycles. The van der Waals surface area contributed by atoms with Crippen LogP contribution in [0.25, 0.3) is 50.9 Å². The van der Waals surface area contributed by atoms with E-state index in [1.165, 1.54) is 0 Å². The van der Waals surface area contributed by atoms with Crippen LogP contribution in [0.5, 0.6) is 0 Å². The van der Waals surface area contributed by atoms with Gasteiger partial charge in [0.15, 0.2) is 0 Å². The van der Waals surface area contributed by atoms with E-state index in [-0.39, 0.29) is 12.3 Å². The summed E-state index contributed by atoms with van der Waals surface area (Å²) in [7, 11) is 0. The molecule has 0 bridgehead atoms. The minimum Gasteiger partial charge on any atom is -0.478 e. The van der Waals surface area contributed by atoms with Gasteiger partial charge in [-0.25, -0.2) is 9.78 Å². The van der Waals surface area contributed by atoms with E-state index in [1.807, 2.05) is 92.0 Å². The van der Waals surface area contributed by atoms with Gasteiger partial charge >= 0.3 is 5.97 Å². The molecule has 0 spiro atoms. The van der Waals surface area contributed by atoms with Gasteiger partial charge in [-0.1, -0.05) is 71.9 Å². The summed E-state index contributed by atoms with van der Waals surface area (Å²) >= 11 is 0. The van der Waals surface area contributed by atoms with Crippen molar-refractivity contribution in [2.24, 2.45) is 5.16 Å². The number of aliphatic carboxylic acids is 1. The molecule has 0 radical (unpaired) electrons. The Morgan fingerprint density at radius 3 is 2.19 bits per heavy atom. The number of nitrogens with one attached hydrogen (secondary N) is 2. The molecule has 2 aromatic heterocycles. The minimum atomic E-state index is -1.03. The third-order valence-corrected chi connectivity index (χ3v) is 9.47. The van der Waals surface area contributed by atoms with E-state index < -0.39 is 12.1 Å². The van der Waals surface area contributed by atoms with E-state index in [9.17, 15) is 14.7 Å². The first-order valence-electron chi connectivity index (χ1n) is 17.5. The number of carbonyl (C=O) groups excluding carboxylic acids is 1. The van der Waals surface area contributed by atoms with Crippen LogP contribution in [0.3, 0.4) is 0 Å². The number of amides is 1. The minimum absolute atomic E-state index is 0.0964. The highest BCUT2D eigenvalue weighted by atomic mass is 16.7. The average Bonchev–Trinajstić information content (AvgIpc) is 3.95. The van der Waals surface area contributed by atoms with Crippen molar-refractivity contribution >= 4 is 45.9 Å². The highest BCUT2D eigenvalue weighted by Crippen LogP contribution is 2.35. The van der Waals surface area contributed by atoms with Gasteiger partial charge in [-0.05, 0) is 68.3 Å². The smallest absolute Gasteiger partial charge is 0.348 e. The van der Waals surface area contributed by atoms with Crippen molar-refractivity contribution in [3.63, 3.8) is 0 Å². The van der Waals surface area contributed by atoms with Gasteiger partial charge in [0.2, 0.25) is 6.10 Å². The summed E-state index contributed by atoms with van der Waals surface area (Å²) < 4.78 is 0. The van der Waals surface area contributed by atoms with Gasteiger partial charge in [0.25, 0.3) is 5.91 Å². The molecule has 10 heteroatoms. The molecule has 0 saturated carbocycles. The highest BCUT2D eigenvalue weighted by Gasteiger charge is 2.28. The number of rotatable bonds is 12. The molecular weight excluding hydrogens is 652 g/mol. The summed E-state index contributed by atoms with van der Waals surface area (Å²) in [5, 5.41) is 14.3. The molecule has 262 valence electrons. The van der Waals surface area contributed by atoms with Crippen molar-refractivity contribution in [1.82, 2.24) is 15.0 Å². The number of carboxylic acid groups (broad SMARTS) is 1. The van der Waals surface area contributed by atoms with Gasteiger partial charge in [0.1, 0.15) is 5.82 Å². The van der Waals surface area contributed by atoms with Crippen molar-refractivity contribution in [2.75, 3.05) is 29.4 Å². The van der Waals surface area contributed by atoms with Crippen molar-refractivity contribution in [3.05, 3.63) is 120 Å². The molecular formula is C42H40N6O4. The Bertz CT molecular complexity index is 2260. The first-order chi connectivity index (χ1) is 25.4. The zero-order valence-electron chi connectivity index (χ0n) is 29.3. The molecule has 3 N–H and O–H groups in total. The van der Waals surface area contributed by atoms with Crippen LogP contribution in [0.15, 0.2) is 114 Å². The lowest BCUT2D eigenvalue weighted by Crippen LogP contribution is -2.28. The number of imidazole rings is 1. The van der Waals surface area contributed by atoms with Crippen LogP contribution in [0.1, 0.15) is 38.3 Å². The summed E-state index contributed by atoms with van der Waals surface area (Å²) in [4.78, 5) is 45.8. The topological polar surface area (TPSA) is 127 Å². The summed E-state index contributed by atoms with van der Waals surface area (Å²) in [6.45, 7) is 8.66. The van der Waals surface area contributed by atoms with Crippen LogP contribution in [-0.2, 0) is 14.4 Å². The molecule has 1 unspecified atom stereocenters. The standard InChI is InChI=1S/C42H40N6O4/c1-4-47(5-2)32-22-20-31(21-23-32)41-44-39(40(45-41)30-18-16-28(17-19-30)35-25-37(42(50)51)52-46-35)29-14-11-27(12-15-29)13-24-38(49)48(6-3)36-26-43-34-10-8-7-9-33(34)36/h7-24,26,37,43H,4-6,25H2,1-3H3,(H,44,45)(H,50,51).